The van der Waals surface area contributed by atoms with E-state index >= 15 is 4.39 Å². The molecule has 0 radical (unpaired) electrons. The zero-order valence-corrected chi connectivity index (χ0v) is 23.3. The molecule has 0 aliphatic rings. The van der Waals surface area contributed by atoms with Gasteiger partial charge in [0.25, 0.3) is 0 Å². The molecule has 0 unspecified atom stereocenters. The van der Waals surface area contributed by atoms with Crippen LogP contribution in [0.4, 0.5) is 39.5 Å². The molecule has 1 aromatic heterocycles. The molecule has 4 aromatic carbocycles. The number of hydrogen-bond acceptors (Lipinski definition) is 3. The van der Waals surface area contributed by atoms with Gasteiger partial charge >= 0.3 is 6.11 Å². The highest BCUT2D eigenvalue weighted by Gasteiger charge is 2.41. The normalized spacial score (nSPS) is 11.6. The predicted molar refractivity (Wildman–Crippen MR) is 148 cm³/mol. The molecule has 0 spiro atoms. The third kappa shape index (κ3) is 6.64. The van der Waals surface area contributed by atoms with Gasteiger partial charge in [0, 0.05) is 35.2 Å². The van der Waals surface area contributed by atoms with Crippen LogP contribution in [0.3, 0.4) is 0 Å². The van der Waals surface area contributed by atoms with Crippen LogP contribution in [0.2, 0.25) is 0 Å². The molecule has 5 aromatic rings. The molecule has 45 heavy (non-hydrogen) atoms. The molecule has 0 fully saturated rings. The van der Waals surface area contributed by atoms with Crippen molar-refractivity contribution in [2.75, 3.05) is 0 Å². The van der Waals surface area contributed by atoms with Gasteiger partial charge in [-0.25, -0.2) is 40.7 Å². The third-order valence-electron chi connectivity index (χ3n) is 6.88. The van der Waals surface area contributed by atoms with Gasteiger partial charge in [0.05, 0.1) is 0 Å². The summed E-state index contributed by atoms with van der Waals surface area (Å²) in [5.74, 6) is -11.5. The fourth-order valence-corrected chi connectivity index (χ4v) is 4.61. The second kappa shape index (κ2) is 12.6. The van der Waals surface area contributed by atoms with Crippen molar-refractivity contribution in [2.45, 2.75) is 32.3 Å². The highest BCUT2D eigenvalue weighted by molar-refractivity contribution is 5.69. The Hall–Kier alpha value is -4.87. The van der Waals surface area contributed by atoms with Crippen LogP contribution in [0.15, 0.2) is 73.1 Å². The molecule has 0 aliphatic heterocycles. The van der Waals surface area contributed by atoms with Crippen LogP contribution in [0, 0.1) is 40.7 Å². The molecule has 0 saturated heterocycles. The number of unbranched alkanes of at least 4 members (excludes halogenated alkanes) is 1. The number of hydrogen-bond donors (Lipinski definition) is 0. The van der Waals surface area contributed by atoms with E-state index < -0.39 is 74.8 Å². The lowest BCUT2D eigenvalue weighted by Crippen LogP contribution is -2.25. The summed E-state index contributed by atoms with van der Waals surface area (Å²) in [6.07, 6.45) is 1.28. The van der Waals surface area contributed by atoms with Crippen molar-refractivity contribution in [3.63, 3.8) is 0 Å². The number of nitrogens with zero attached hydrogens (tertiary/aromatic N) is 2. The van der Waals surface area contributed by atoms with Crippen LogP contribution < -0.4 is 4.74 Å². The fraction of sp³-hybridized carbons (Fsp3) is 0.152. The summed E-state index contributed by atoms with van der Waals surface area (Å²) >= 11 is 0. The van der Waals surface area contributed by atoms with Crippen molar-refractivity contribution in [1.29, 1.82) is 0 Å². The molecule has 0 atom stereocenters. The second-order valence-electron chi connectivity index (χ2n) is 10.0. The molecule has 0 amide bonds. The molecule has 1 heterocycles. The molecule has 0 saturated carbocycles. The molecular formula is C33H21F9N2O. The van der Waals surface area contributed by atoms with Gasteiger partial charge in [-0.05, 0) is 72.0 Å². The maximum absolute atomic E-state index is 15.0. The Morgan fingerprint density at radius 3 is 1.67 bits per heavy atom. The summed E-state index contributed by atoms with van der Waals surface area (Å²) in [4.78, 5) is 8.44. The van der Waals surface area contributed by atoms with Crippen LogP contribution in [0.1, 0.15) is 30.9 Å². The summed E-state index contributed by atoms with van der Waals surface area (Å²) in [5, 5.41) is 0. The van der Waals surface area contributed by atoms with Gasteiger partial charge in [0.2, 0.25) is 0 Å². The Morgan fingerprint density at radius 1 is 0.622 bits per heavy atom. The molecule has 0 bridgehead atoms. The van der Waals surface area contributed by atoms with Crippen LogP contribution >= 0.6 is 0 Å². The summed E-state index contributed by atoms with van der Waals surface area (Å²) in [6.45, 7) is 2.04. The van der Waals surface area contributed by atoms with Crippen LogP contribution in [0.25, 0.3) is 33.6 Å². The summed E-state index contributed by atoms with van der Waals surface area (Å²) in [7, 11) is 0. The van der Waals surface area contributed by atoms with Gasteiger partial charge in [-0.3, -0.25) is 0 Å². The third-order valence-corrected chi connectivity index (χ3v) is 6.88. The molecular weight excluding hydrogens is 611 g/mol. The van der Waals surface area contributed by atoms with Gasteiger partial charge in [-0.2, -0.15) is 8.78 Å². The molecule has 5 rings (SSSR count). The van der Waals surface area contributed by atoms with E-state index in [1.807, 2.05) is 6.92 Å². The predicted octanol–water partition coefficient (Wildman–Crippen LogP) is 9.92. The molecule has 12 heteroatoms. The van der Waals surface area contributed by atoms with E-state index in [1.165, 1.54) is 12.1 Å². The molecule has 0 N–H and O–H groups in total. The highest BCUT2D eigenvalue weighted by Crippen LogP contribution is 2.39. The minimum atomic E-state index is -4.68. The SMILES string of the molecule is CCCCc1cnc(-c2ccc(-c3cc(F)c(C(F)(F)Oc4ccc(-c5cc(F)c(F)c(F)c5)c(F)c4)c(F)c3)c(F)c2)nc1. The van der Waals surface area contributed by atoms with Crippen molar-refractivity contribution in [1.82, 2.24) is 9.97 Å². The average Bonchev–Trinajstić information content (AvgIpc) is 2.98. The molecule has 232 valence electrons. The van der Waals surface area contributed by atoms with E-state index in [0.29, 0.717) is 30.3 Å². The number of alkyl halides is 2. The largest absolute Gasteiger partial charge is 0.432 e. The fourth-order valence-electron chi connectivity index (χ4n) is 4.61. The van der Waals surface area contributed by atoms with Crippen LogP contribution in [-0.2, 0) is 12.5 Å². The topological polar surface area (TPSA) is 35.0 Å². The van der Waals surface area contributed by atoms with Gasteiger partial charge in [0.15, 0.2) is 23.3 Å². The van der Waals surface area contributed by atoms with Crippen molar-refractivity contribution in [3.8, 4) is 39.4 Å². The maximum atomic E-state index is 15.0. The van der Waals surface area contributed by atoms with E-state index in [0.717, 1.165) is 43.0 Å². The van der Waals surface area contributed by atoms with E-state index in [-0.39, 0.29) is 17.0 Å². The van der Waals surface area contributed by atoms with Gasteiger partial charge in [-0.15, -0.1) is 0 Å². The summed E-state index contributed by atoms with van der Waals surface area (Å²) in [5.41, 5.74) is -2.26. The minimum absolute atomic E-state index is 0.215. The van der Waals surface area contributed by atoms with Crippen LogP contribution in [0.5, 0.6) is 5.75 Å². The lowest BCUT2D eigenvalue weighted by atomic mass is 10.00. The average molecular weight is 633 g/mol. The van der Waals surface area contributed by atoms with Crippen molar-refractivity contribution in [2.24, 2.45) is 0 Å². The summed E-state index contributed by atoms with van der Waals surface area (Å²) in [6, 6.07) is 7.59. The standard InChI is InChI=1S/C33H21F9N2O/c1-2-3-4-17-15-43-32(44-16-17)18-5-7-22(24(34)9-18)19-10-26(36)30(27(37)11-19)33(41,42)45-21-6-8-23(25(35)14-21)20-12-28(38)31(40)29(39)13-20/h5-16H,2-4H2,1H3. The van der Waals surface area contributed by atoms with Crippen molar-refractivity contribution in [3.05, 3.63) is 125 Å². The lowest BCUT2D eigenvalue weighted by molar-refractivity contribution is -0.189. The van der Waals surface area contributed by atoms with E-state index in [2.05, 4.69) is 14.7 Å². The minimum Gasteiger partial charge on any atom is -0.429 e. The van der Waals surface area contributed by atoms with Gasteiger partial charge in [-0.1, -0.05) is 25.5 Å². The first-order valence-corrected chi connectivity index (χ1v) is 13.5. The monoisotopic (exact) mass is 632 g/mol. The summed E-state index contributed by atoms with van der Waals surface area (Å²) < 4.78 is 134. The molecule has 0 aliphatic carbocycles. The maximum Gasteiger partial charge on any atom is 0.432 e. The van der Waals surface area contributed by atoms with Crippen molar-refractivity contribution < 1.29 is 44.3 Å². The number of aromatic nitrogens is 2. The zero-order valence-electron chi connectivity index (χ0n) is 23.3. The first-order valence-electron chi connectivity index (χ1n) is 13.5. The number of aryl methyl sites for hydroxylation is 1. The van der Waals surface area contributed by atoms with Gasteiger partial charge < -0.3 is 4.74 Å². The highest BCUT2D eigenvalue weighted by atomic mass is 19.3. The lowest BCUT2D eigenvalue weighted by Gasteiger charge is -2.20. The second-order valence-corrected chi connectivity index (χ2v) is 10.0. The Kier molecular flexibility index (Phi) is 8.85. The Bertz CT molecular complexity index is 1830. The number of ether oxygens (including phenoxy) is 1. The van der Waals surface area contributed by atoms with Crippen molar-refractivity contribution >= 4 is 0 Å². The number of halogens is 9. The quantitative estimate of drug-likeness (QED) is 0.120. The Balaban J connectivity index is 1.38. The first kappa shape index (κ1) is 31.6. The number of benzene rings is 4. The van der Waals surface area contributed by atoms with E-state index in [1.54, 1.807) is 12.4 Å². The molecule has 3 nitrogen and oxygen atoms in total. The Labute approximate surface area is 251 Å². The Morgan fingerprint density at radius 2 is 1.13 bits per heavy atom. The van der Waals surface area contributed by atoms with E-state index in [4.69, 9.17) is 0 Å². The van der Waals surface area contributed by atoms with Gasteiger partial charge in [0.1, 0.15) is 34.6 Å². The van der Waals surface area contributed by atoms with Crippen LogP contribution in [-0.4, -0.2) is 9.97 Å². The number of rotatable bonds is 9. The smallest absolute Gasteiger partial charge is 0.429 e. The zero-order chi connectivity index (χ0) is 32.5. The van der Waals surface area contributed by atoms with E-state index in [9.17, 15) is 35.1 Å². The first-order chi connectivity index (χ1) is 21.4.